The van der Waals surface area contributed by atoms with Gasteiger partial charge in [0.25, 0.3) is 0 Å². The Morgan fingerprint density at radius 1 is 1.75 bits per heavy atom. The Labute approximate surface area is 96.4 Å². The molecule has 2 unspecified atom stereocenters. The van der Waals surface area contributed by atoms with Gasteiger partial charge in [0, 0.05) is 19.6 Å². The van der Waals surface area contributed by atoms with E-state index in [1.165, 1.54) is 0 Å². The first-order valence-electron chi connectivity index (χ1n) is 5.72. The largest absolute Gasteiger partial charge is 0.409 e. The molecule has 16 heavy (non-hydrogen) atoms. The maximum atomic E-state index is 8.51. The molecule has 94 valence electrons. The van der Waals surface area contributed by atoms with Gasteiger partial charge in [-0.2, -0.15) is 0 Å². The van der Waals surface area contributed by atoms with Crippen molar-refractivity contribution >= 4 is 5.84 Å². The molecule has 1 heterocycles. The molecule has 1 saturated heterocycles. The van der Waals surface area contributed by atoms with E-state index in [4.69, 9.17) is 15.7 Å². The minimum absolute atomic E-state index is 0.134. The van der Waals surface area contributed by atoms with E-state index < -0.39 is 0 Å². The first-order chi connectivity index (χ1) is 7.67. The molecule has 6 nitrogen and oxygen atoms in total. The number of likely N-dealkylation sites (N-methyl/N-ethyl adjacent to an activating group) is 1. The Morgan fingerprint density at radius 3 is 3.12 bits per heavy atom. The van der Waals surface area contributed by atoms with Gasteiger partial charge in [-0.25, -0.2) is 0 Å². The van der Waals surface area contributed by atoms with E-state index >= 15 is 0 Å². The highest BCUT2D eigenvalue weighted by Crippen LogP contribution is 2.03. The summed E-state index contributed by atoms with van der Waals surface area (Å²) in [7, 11) is 0. The zero-order valence-electron chi connectivity index (χ0n) is 10.0. The lowest BCUT2D eigenvalue weighted by molar-refractivity contribution is -0.0255. The maximum Gasteiger partial charge on any atom is 0.156 e. The van der Waals surface area contributed by atoms with Crippen molar-refractivity contribution in [2.24, 2.45) is 10.9 Å². The van der Waals surface area contributed by atoms with Crippen molar-refractivity contribution in [2.45, 2.75) is 26.0 Å². The van der Waals surface area contributed by atoms with Crippen LogP contribution in [0.5, 0.6) is 0 Å². The molecule has 1 rings (SSSR count). The molecule has 0 spiro atoms. The van der Waals surface area contributed by atoms with Crippen LogP contribution in [0.2, 0.25) is 0 Å². The molecule has 1 aliphatic heterocycles. The van der Waals surface area contributed by atoms with E-state index in [-0.39, 0.29) is 18.0 Å². The van der Waals surface area contributed by atoms with Crippen molar-refractivity contribution in [3.05, 3.63) is 0 Å². The van der Waals surface area contributed by atoms with Crippen molar-refractivity contribution in [3.63, 3.8) is 0 Å². The van der Waals surface area contributed by atoms with Crippen LogP contribution in [0.3, 0.4) is 0 Å². The van der Waals surface area contributed by atoms with Gasteiger partial charge in [0.2, 0.25) is 0 Å². The third-order valence-corrected chi connectivity index (χ3v) is 2.88. The van der Waals surface area contributed by atoms with Crippen molar-refractivity contribution in [2.75, 3.05) is 32.8 Å². The van der Waals surface area contributed by atoms with E-state index in [1.54, 1.807) is 0 Å². The number of ether oxygens (including phenoxy) is 1. The number of nitrogens with two attached hydrogens (primary N) is 1. The van der Waals surface area contributed by atoms with Crippen molar-refractivity contribution in [3.8, 4) is 0 Å². The summed E-state index contributed by atoms with van der Waals surface area (Å²) in [5.41, 5.74) is 5.47. The number of hydrogen-bond acceptors (Lipinski definition) is 5. The van der Waals surface area contributed by atoms with Crippen LogP contribution in [0.15, 0.2) is 5.16 Å². The molecular weight excluding hydrogens is 208 g/mol. The molecule has 6 heteroatoms. The molecule has 0 aromatic rings. The van der Waals surface area contributed by atoms with E-state index in [2.05, 4.69) is 22.3 Å². The van der Waals surface area contributed by atoms with Gasteiger partial charge in [0.05, 0.1) is 18.8 Å². The van der Waals surface area contributed by atoms with Crippen LogP contribution in [0, 0.1) is 0 Å². The molecule has 0 aromatic heterocycles. The number of morpholine rings is 1. The maximum absolute atomic E-state index is 8.51. The molecule has 0 radical (unpaired) electrons. The van der Waals surface area contributed by atoms with Crippen LogP contribution in [-0.2, 0) is 4.74 Å². The van der Waals surface area contributed by atoms with Gasteiger partial charge in [-0.15, -0.1) is 0 Å². The number of nitrogens with one attached hydrogen (secondary N) is 1. The van der Waals surface area contributed by atoms with Crippen LogP contribution in [-0.4, -0.2) is 60.9 Å². The van der Waals surface area contributed by atoms with Crippen LogP contribution < -0.4 is 11.1 Å². The average Bonchev–Trinajstić information content (AvgIpc) is 2.35. The highest BCUT2D eigenvalue weighted by atomic mass is 16.5. The number of amidine groups is 1. The zero-order valence-corrected chi connectivity index (χ0v) is 10.0. The highest BCUT2D eigenvalue weighted by molar-refractivity contribution is 5.84. The second kappa shape index (κ2) is 6.67. The quantitative estimate of drug-likeness (QED) is 0.255. The van der Waals surface area contributed by atoms with Crippen molar-refractivity contribution in [1.82, 2.24) is 10.2 Å². The number of rotatable bonds is 5. The van der Waals surface area contributed by atoms with Crippen LogP contribution in [0.25, 0.3) is 0 Å². The van der Waals surface area contributed by atoms with Crippen LogP contribution >= 0.6 is 0 Å². The molecular formula is C10H22N4O2. The van der Waals surface area contributed by atoms with Gasteiger partial charge in [-0.05, 0) is 13.5 Å². The van der Waals surface area contributed by atoms with Gasteiger partial charge in [-0.3, -0.25) is 4.90 Å². The second-order valence-electron chi connectivity index (χ2n) is 4.04. The first-order valence-corrected chi connectivity index (χ1v) is 5.72. The normalized spacial score (nSPS) is 25.6. The van der Waals surface area contributed by atoms with Crippen LogP contribution in [0.4, 0.5) is 0 Å². The number of nitrogens with zero attached hydrogens (tertiary/aromatic N) is 2. The lowest BCUT2D eigenvalue weighted by Gasteiger charge is -2.32. The van der Waals surface area contributed by atoms with E-state index in [0.29, 0.717) is 6.54 Å². The molecule has 4 N–H and O–H groups in total. The third-order valence-electron chi connectivity index (χ3n) is 2.88. The van der Waals surface area contributed by atoms with Gasteiger partial charge in [0.1, 0.15) is 0 Å². The Kier molecular flexibility index (Phi) is 5.51. The van der Waals surface area contributed by atoms with E-state index in [9.17, 15) is 0 Å². The summed E-state index contributed by atoms with van der Waals surface area (Å²) in [5.74, 6) is 0.197. The Bertz CT molecular complexity index is 235. The molecule has 1 aliphatic rings. The average molecular weight is 230 g/mol. The topological polar surface area (TPSA) is 83.1 Å². The predicted molar refractivity (Wildman–Crippen MR) is 62.7 cm³/mol. The molecule has 0 amide bonds. The molecule has 1 fully saturated rings. The Morgan fingerprint density at radius 2 is 2.50 bits per heavy atom. The summed E-state index contributed by atoms with van der Waals surface area (Å²) in [4.78, 5) is 2.35. The van der Waals surface area contributed by atoms with Crippen molar-refractivity contribution in [1.29, 1.82) is 0 Å². The SMILES string of the molecule is CCN1CCOC(CNC(C)C(N)=NO)C1. The summed E-state index contributed by atoms with van der Waals surface area (Å²) in [6.07, 6.45) is 0.183. The lowest BCUT2D eigenvalue weighted by Crippen LogP contribution is -2.49. The van der Waals surface area contributed by atoms with Gasteiger partial charge in [0.15, 0.2) is 5.84 Å². The number of hydrogen-bond donors (Lipinski definition) is 3. The molecule has 0 aromatic carbocycles. The zero-order chi connectivity index (χ0) is 12.0. The second-order valence-corrected chi connectivity index (χ2v) is 4.04. The fraction of sp³-hybridized carbons (Fsp3) is 0.900. The fourth-order valence-electron chi connectivity index (χ4n) is 1.69. The summed E-state index contributed by atoms with van der Waals surface area (Å²) < 4.78 is 5.63. The molecule has 2 atom stereocenters. The first kappa shape index (κ1) is 13.2. The lowest BCUT2D eigenvalue weighted by atomic mass is 10.2. The predicted octanol–water partition coefficient (Wildman–Crippen LogP) is -0.568. The Balaban J connectivity index is 2.26. The van der Waals surface area contributed by atoms with E-state index in [0.717, 1.165) is 26.2 Å². The molecule has 0 aliphatic carbocycles. The third kappa shape index (κ3) is 3.96. The smallest absolute Gasteiger partial charge is 0.156 e. The summed E-state index contributed by atoms with van der Waals surface area (Å²) >= 11 is 0. The van der Waals surface area contributed by atoms with Gasteiger partial charge < -0.3 is 21.0 Å². The summed E-state index contributed by atoms with van der Waals surface area (Å²) in [6.45, 7) is 8.49. The monoisotopic (exact) mass is 230 g/mol. The molecule has 0 saturated carbocycles. The highest BCUT2D eigenvalue weighted by Gasteiger charge is 2.19. The van der Waals surface area contributed by atoms with Gasteiger partial charge >= 0.3 is 0 Å². The van der Waals surface area contributed by atoms with Crippen molar-refractivity contribution < 1.29 is 9.94 Å². The van der Waals surface area contributed by atoms with E-state index in [1.807, 2.05) is 6.92 Å². The van der Waals surface area contributed by atoms with Crippen LogP contribution in [0.1, 0.15) is 13.8 Å². The fourth-order valence-corrected chi connectivity index (χ4v) is 1.69. The minimum Gasteiger partial charge on any atom is -0.409 e. The number of oxime groups is 1. The standard InChI is InChI=1S/C10H22N4O2/c1-3-14-4-5-16-9(7-14)6-12-8(2)10(11)13-15/h8-9,12,15H,3-7H2,1-2H3,(H2,11,13). The Hall–Kier alpha value is -0.850. The molecule has 0 bridgehead atoms. The summed E-state index contributed by atoms with van der Waals surface area (Å²) in [6, 6.07) is -0.134. The minimum atomic E-state index is -0.134. The summed E-state index contributed by atoms with van der Waals surface area (Å²) in [5, 5.41) is 14.6. The van der Waals surface area contributed by atoms with Gasteiger partial charge in [-0.1, -0.05) is 12.1 Å².